The second kappa shape index (κ2) is 3.77. The predicted octanol–water partition coefficient (Wildman–Crippen LogP) is 2.45. The van der Waals surface area contributed by atoms with Gasteiger partial charge in [-0.25, -0.2) is 0 Å². The normalized spacial score (nSPS) is 26.6. The Morgan fingerprint density at radius 1 is 1.31 bits per heavy atom. The molecular formula is C14H22N2. The highest BCUT2D eigenvalue weighted by Gasteiger charge is 2.57. The molecule has 2 nitrogen and oxygen atoms in total. The number of rotatable bonds is 3. The van der Waals surface area contributed by atoms with Gasteiger partial charge >= 0.3 is 0 Å². The molecule has 0 radical (unpaired) electrons. The Morgan fingerprint density at radius 2 is 2.00 bits per heavy atom. The number of nitrogens with zero attached hydrogens (tertiary/aromatic N) is 1. The summed E-state index contributed by atoms with van der Waals surface area (Å²) in [5.74, 6) is 1.28. The molecule has 0 bridgehead atoms. The lowest BCUT2D eigenvalue weighted by Crippen LogP contribution is -2.08. The Balaban J connectivity index is 2.26. The standard InChI is InChI=1S/C14H22N2/c1-14(2)12(9-15)13(14)10-6-5-7-11(8-10)16(3)4/h5-8,12-13H,9,15H2,1-4H3. The lowest BCUT2D eigenvalue weighted by molar-refractivity contribution is 0.558. The maximum absolute atomic E-state index is 5.82. The Hall–Kier alpha value is -1.02. The summed E-state index contributed by atoms with van der Waals surface area (Å²) >= 11 is 0. The molecule has 1 aliphatic carbocycles. The number of nitrogens with two attached hydrogens (primary N) is 1. The van der Waals surface area contributed by atoms with Crippen molar-refractivity contribution >= 4 is 5.69 Å². The van der Waals surface area contributed by atoms with Gasteiger partial charge in [0.15, 0.2) is 0 Å². The molecule has 16 heavy (non-hydrogen) atoms. The summed E-state index contributed by atoms with van der Waals surface area (Å²) in [5, 5.41) is 0. The Kier molecular flexibility index (Phi) is 2.70. The van der Waals surface area contributed by atoms with Crippen molar-refractivity contribution in [3.8, 4) is 0 Å². The maximum Gasteiger partial charge on any atom is 0.0363 e. The lowest BCUT2D eigenvalue weighted by atomic mass is 10.0. The maximum atomic E-state index is 5.82. The van der Waals surface area contributed by atoms with Gasteiger partial charge in [-0.2, -0.15) is 0 Å². The van der Waals surface area contributed by atoms with E-state index in [0.29, 0.717) is 17.3 Å². The van der Waals surface area contributed by atoms with E-state index in [4.69, 9.17) is 5.73 Å². The van der Waals surface area contributed by atoms with E-state index in [1.165, 1.54) is 11.3 Å². The predicted molar refractivity (Wildman–Crippen MR) is 69.8 cm³/mol. The molecular weight excluding hydrogens is 196 g/mol. The average molecular weight is 218 g/mol. The van der Waals surface area contributed by atoms with Crippen molar-refractivity contribution < 1.29 is 0 Å². The Bertz CT molecular complexity index is 382. The van der Waals surface area contributed by atoms with Crippen molar-refractivity contribution in [3.05, 3.63) is 29.8 Å². The number of hydrogen-bond donors (Lipinski definition) is 1. The molecule has 0 saturated heterocycles. The van der Waals surface area contributed by atoms with Crippen LogP contribution in [0.15, 0.2) is 24.3 Å². The van der Waals surface area contributed by atoms with Crippen LogP contribution in [0.4, 0.5) is 5.69 Å². The Labute approximate surface area is 98.4 Å². The molecule has 0 spiro atoms. The first kappa shape index (κ1) is 11.5. The second-order valence-corrected chi connectivity index (χ2v) is 5.63. The van der Waals surface area contributed by atoms with E-state index in [1.807, 2.05) is 0 Å². The summed E-state index contributed by atoms with van der Waals surface area (Å²) in [4.78, 5) is 2.15. The van der Waals surface area contributed by atoms with Gasteiger partial charge in [-0.3, -0.25) is 0 Å². The first-order valence-electron chi connectivity index (χ1n) is 5.96. The van der Waals surface area contributed by atoms with Crippen LogP contribution in [-0.4, -0.2) is 20.6 Å². The minimum atomic E-state index is 0.375. The van der Waals surface area contributed by atoms with Gasteiger partial charge in [0.2, 0.25) is 0 Å². The highest BCUT2D eigenvalue weighted by molar-refractivity contribution is 5.49. The van der Waals surface area contributed by atoms with Crippen molar-refractivity contribution in [2.75, 3.05) is 25.5 Å². The van der Waals surface area contributed by atoms with E-state index in [9.17, 15) is 0 Å². The van der Waals surface area contributed by atoms with Crippen molar-refractivity contribution in [2.45, 2.75) is 19.8 Å². The molecule has 0 amide bonds. The van der Waals surface area contributed by atoms with E-state index < -0.39 is 0 Å². The zero-order valence-corrected chi connectivity index (χ0v) is 10.7. The molecule has 1 fully saturated rings. The molecule has 2 atom stereocenters. The van der Waals surface area contributed by atoms with Crippen LogP contribution in [0.3, 0.4) is 0 Å². The van der Waals surface area contributed by atoms with E-state index in [1.54, 1.807) is 0 Å². The Morgan fingerprint density at radius 3 is 2.50 bits per heavy atom. The summed E-state index contributed by atoms with van der Waals surface area (Å²) in [7, 11) is 4.16. The molecule has 2 heteroatoms. The van der Waals surface area contributed by atoms with Gasteiger partial charge in [0.05, 0.1) is 0 Å². The molecule has 1 aromatic rings. The summed E-state index contributed by atoms with van der Waals surface area (Å²) in [6, 6.07) is 8.82. The van der Waals surface area contributed by atoms with Crippen molar-refractivity contribution in [3.63, 3.8) is 0 Å². The molecule has 2 N–H and O–H groups in total. The molecule has 0 heterocycles. The summed E-state index contributed by atoms with van der Waals surface area (Å²) < 4.78 is 0. The first-order chi connectivity index (χ1) is 7.48. The zero-order chi connectivity index (χ0) is 11.9. The fourth-order valence-corrected chi connectivity index (χ4v) is 2.84. The third-order valence-corrected chi connectivity index (χ3v) is 4.05. The fraction of sp³-hybridized carbons (Fsp3) is 0.571. The van der Waals surface area contributed by atoms with Crippen LogP contribution < -0.4 is 10.6 Å². The fourth-order valence-electron chi connectivity index (χ4n) is 2.84. The van der Waals surface area contributed by atoms with Gasteiger partial charge in [0, 0.05) is 19.8 Å². The molecule has 88 valence electrons. The molecule has 1 saturated carbocycles. The SMILES string of the molecule is CN(C)c1cccc(C2C(CN)C2(C)C)c1. The van der Waals surface area contributed by atoms with Crippen molar-refractivity contribution in [1.29, 1.82) is 0 Å². The summed E-state index contributed by atoms with van der Waals surface area (Å²) in [6.45, 7) is 5.43. The van der Waals surface area contributed by atoms with Crippen molar-refractivity contribution in [1.82, 2.24) is 0 Å². The molecule has 2 rings (SSSR count). The van der Waals surface area contributed by atoms with E-state index >= 15 is 0 Å². The highest BCUT2D eigenvalue weighted by Crippen LogP contribution is 2.63. The molecule has 2 unspecified atom stereocenters. The smallest absolute Gasteiger partial charge is 0.0363 e. The minimum Gasteiger partial charge on any atom is -0.378 e. The first-order valence-corrected chi connectivity index (χ1v) is 5.96. The average Bonchev–Trinajstić information content (AvgIpc) is 2.80. The largest absolute Gasteiger partial charge is 0.378 e. The molecule has 1 aromatic carbocycles. The van der Waals surface area contributed by atoms with Gasteiger partial charge < -0.3 is 10.6 Å². The van der Waals surface area contributed by atoms with Crippen LogP contribution in [0.5, 0.6) is 0 Å². The highest BCUT2D eigenvalue weighted by atomic mass is 15.1. The van der Waals surface area contributed by atoms with Crippen LogP contribution in [0.1, 0.15) is 25.3 Å². The van der Waals surface area contributed by atoms with E-state index in [-0.39, 0.29) is 0 Å². The number of anilines is 1. The monoisotopic (exact) mass is 218 g/mol. The van der Waals surface area contributed by atoms with Gasteiger partial charge in [0.25, 0.3) is 0 Å². The van der Waals surface area contributed by atoms with Crippen LogP contribution in [-0.2, 0) is 0 Å². The minimum absolute atomic E-state index is 0.375. The zero-order valence-electron chi connectivity index (χ0n) is 10.7. The molecule has 1 aliphatic rings. The third-order valence-electron chi connectivity index (χ3n) is 4.05. The van der Waals surface area contributed by atoms with Gasteiger partial charge in [-0.05, 0) is 41.5 Å². The van der Waals surface area contributed by atoms with Crippen molar-refractivity contribution in [2.24, 2.45) is 17.1 Å². The lowest BCUT2D eigenvalue weighted by Gasteiger charge is -2.14. The van der Waals surface area contributed by atoms with Crippen LogP contribution in [0.2, 0.25) is 0 Å². The number of benzene rings is 1. The summed E-state index contributed by atoms with van der Waals surface area (Å²) in [5.41, 5.74) is 8.91. The van der Waals surface area contributed by atoms with Crippen LogP contribution in [0.25, 0.3) is 0 Å². The summed E-state index contributed by atoms with van der Waals surface area (Å²) in [6.07, 6.45) is 0. The second-order valence-electron chi connectivity index (χ2n) is 5.63. The van der Waals surface area contributed by atoms with Gasteiger partial charge in [0.1, 0.15) is 0 Å². The van der Waals surface area contributed by atoms with Crippen LogP contribution in [0, 0.1) is 11.3 Å². The van der Waals surface area contributed by atoms with Gasteiger partial charge in [-0.1, -0.05) is 26.0 Å². The van der Waals surface area contributed by atoms with E-state index in [2.05, 4.69) is 57.1 Å². The third kappa shape index (κ3) is 1.71. The van der Waals surface area contributed by atoms with Gasteiger partial charge in [-0.15, -0.1) is 0 Å². The van der Waals surface area contributed by atoms with E-state index in [0.717, 1.165) is 6.54 Å². The molecule has 0 aliphatic heterocycles. The van der Waals surface area contributed by atoms with Crippen LogP contribution >= 0.6 is 0 Å². The number of hydrogen-bond acceptors (Lipinski definition) is 2. The molecule has 0 aromatic heterocycles. The topological polar surface area (TPSA) is 29.3 Å². The quantitative estimate of drug-likeness (QED) is 0.844.